The van der Waals surface area contributed by atoms with Gasteiger partial charge in [-0.15, -0.1) is 0 Å². The van der Waals surface area contributed by atoms with Crippen LogP contribution >= 0.6 is 0 Å². The Labute approximate surface area is 222 Å². The zero-order valence-electron chi connectivity index (χ0n) is 21.3. The quantitative estimate of drug-likeness (QED) is 0.139. The summed E-state index contributed by atoms with van der Waals surface area (Å²) in [6.45, 7) is 0.348. The topological polar surface area (TPSA) is 186 Å². The summed E-state index contributed by atoms with van der Waals surface area (Å²) in [4.78, 5) is 40.1. The predicted octanol–water partition coefficient (Wildman–Crippen LogP) is 0.818. The lowest BCUT2D eigenvalue weighted by Gasteiger charge is -2.28. The molecule has 1 saturated heterocycles. The maximum atomic E-state index is 13.7. The second kappa shape index (κ2) is 12.3. The Morgan fingerprint density at radius 2 is 1.66 bits per heavy atom. The fourth-order valence-electron chi connectivity index (χ4n) is 4.48. The first-order chi connectivity index (χ1) is 17.9. The second-order valence-corrected chi connectivity index (χ2v) is 11.1. The highest BCUT2D eigenvalue weighted by Gasteiger charge is 2.43. The smallest absolute Gasteiger partial charge is 0.337 e. The van der Waals surface area contributed by atoms with E-state index in [2.05, 4.69) is 4.72 Å². The van der Waals surface area contributed by atoms with Crippen LogP contribution in [0.15, 0.2) is 48.5 Å². The standard InChI is InChI=1S/C26H33N5O6S/c1-37-26(34)19-10-3-16(4-11-19)7-12-21(30-38(2,35)36)25(33)31-15-20(24(28)29)13-22(31)23(32)18-8-5-17(14-27)6-9-18/h3-6,8-11,20-22,30H,7,12-15,27H2,1-2H3,(H3,28,29)/t20-,21+,22+/m0/s1. The number of hydrogen-bond acceptors (Lipinski definition) is 8. The van der Waals surface area contributed by atoms with E-state index in [4.69, 9.17) is 21.6 Å². The average molecular weight is 544 g/mol. The first-order valence-corrected chi connectivity index (χ1v) is 13.9. The van der Waals surface area contributed by atoms with Crippen molar-refractivity contribution in [3.8, 4) is 0 Å². The van der Waals surface area contributed by atoms with E-state index >= 15 is 0 Å². The molecule has 1 amide bonds. The highest BCUT2D eigenvalue weighted by atomic mass is 32.2. The molecule has 2 aromatic rings. The Bertz CT molecular complexity index is 1290. The molecule has 204 valence electrons. The number of sulfonamides is 1. The fourth-order valence-corrected chi connectivity index (χ4v) is 5.21. The third-order valence-corrected chi connectivity index (χ3v) is 7.26. The van der Waals surface area contributed by atoms with Crippen molar-refractivity contribution in [2.45, 2.75) is 37.9 Å². The lowest BCUT2D eigenvalue weighted by molar-refractivity contribution is -0.133. The van der Waals surface area contributed by atoms with Crippen LogP contribution in [0.4, 0.5) is 0 Å². The van der Waals surface area contributed by atoms with Crippen LogP contribution in [0.3, 0.4) is 0 Å². The normalized spacial score (nSPS) is 18.1. The molecular weight excluding hydrogens is 510 g/mol. The molecule has 2 aromatic carbocycles. The van der Waals surface area contributed by atoms with Gasteiger partial charge in [-0.05, 0) is 42.5 Å². The van der Waals surface area contributed by atoms with Crippen molar-refractivity contribution in [1.82, 2.24) is 9.62 Å². The molecule has 1 fully saturated rings. The number of carbonyl (C=O) groups is 3. The fraction of sp³-hybridized carbons (Fsp3) is 0.385. The first kappa shape index (κ1) is 29.0. The van der Waals surface area contributed by atoms with Gasteiger partial charge in [-0.3, -0.25) is 15.0 Å². The summed E-state index contributed by atoms with van der Waals surface area (Å²) in [5.74, 6) is -2.04. The molecule has 6 N–H and O–H groups in total. The molecule has 0 unspecified atom stereocenters. The minimum atomic E-state index is -3.77. The Hall–Kier alpha value is -3.61. The van der Waals surface area contributed by atoms with E-state index < -0.39 is 39.9 Å². The van der Waals surface area contributed by atoms with Gasteiger partial charge in [0.15, 0.2) is 5.78 Å². The zero-order chi connectivity index (χ0) is 28.0. The van der Waals surface area contributed by atoms with Crippen LogP contribution in [-0.4, -0.2) is 68.8 Å². The van der Waals surface area contributed by atoms with Crippen LogP contribution in [0.5, 0.6) is 0 Å². The lowest BCUT2D eigenvalue weighted by atomic mass is 9.97. The van der Waals surface area contributed by atoms with Gasteiger partial charge in [0.2, 0.25) is 15.9 Å². The van der Waals surface area contributed by atoms with Crippen molar-refractivity contribution in [3.05, 3.63) is 70.8 Å². The van der Waals surface area contributed by atoms with E-state index in [9.17, 15) is 22.8 Å². The second-order valence-electron chi connectivity index (χ2n) is 9.33. The van der Waals surface area contributed by atoms with E-state index in [0.29, 0.717) is 24.1 Å². The number of ether oxygens (including phenoxy) is 1. The molecule has 1 heterocycles. The van der Waals surface area contributed by atoms with Gasteiger partial charge < -0.3 is 21.1 Å². The summed E-state index contributed by atoms with van der Waals surface area (Å²) in [7, 11) is -2.49. The van der Waals surface area contributed by atoms with E-state index in [1.165, 1.54) is 12.0 Å². The summed E-state index contributed by atoms with van der Waals surface area (Å²) in [6.07, 6.45) is 1.56. The minimum Gasteiger partial charge on any atom is -0.465 e. The molecular formula is C26H33N5O6S. The van der Waals surface area contributed by atoms with Crippen LogP contribution in [0.1, 0.15) is 44.7 Å². The summed E-state index contributed by atoms with van der Waals surface area (Å²) < 4.78 is 31.4. The highest BCUT2D eigenvalue weighted by Crippen LogP contribution is 2.28. The molecule has 3 atom stereocenters. The number of carbonyl (C=O) groups excluding carboxylic acids is 3. The van der Waals surface area contributed by atoms with E-state index in [0.717, 1.165) is 17.4 Å². The molecule has 1 aliphatic heterocycles. The Morgan fingerprint density at radius 3 is 2.18 bits per heavy atom. The maximum absolute atomic E-state index is 13.7. The van der Waals surface area contributed by atoms with Gasteiger partial charge in [-0.1, -0.05) is 36.4 Å². The number of hydrogen-bond donors (Lipinski definition) is 4. The number of ketones is 1. The number of rotatable bonds is 11. The Balaban J connectivity index is 1.84. The Morgan fingerprint density at radius 1 is 1.08 bits per heavy atom. The molecule has 0 saturated carbocycles. The molecule has 3 rings (SSSR count). The molecule has 11 nitrogen and oxygen atoms in total. The summed E-state index contributed by atoms with van der Waals surface area (Å²) in [6, 6.07) is 11.3. The molecule has 12 heteroatoms. The van der Waals surface area contributed by atoms with Gasteiger partial charge in [0.05, 0.1) is 30.8 Å². The molecule has 0 radical (unpaired) electrons. The first-order valence-electron chi connectivity index (χ1n) is 12.1. The largest absolute Gasteiger partial charge is 0.465 e. The van der Waals surface area contributed by atoms with Crippen molar-refractivity contribution in [1.29, 1.82) is 5.41 Å². The summed E-state index contributed by atoms with van der Waals surface area (Å²) in [5.41, 5.74) is 13.7. The van der Waals surface area contributed by atoms with Crippen LogP contribution in [0.2, 0.25) is 0 Å². The van der Waals surface area contributed by atoms with Crippen molar-refractivity contribution >= 4 is 33.5 Å². The lowest BCUT2D eigenvalue weighted by Crippen LogP contribution is -2.51. The molecule has 38 heavy (non-hydrogen) atoms. The third-order valence-electron chi connectivity index (χ3n) is 6.55. The number of nitrogens with one attached hydrogen (secondary N) is 2. The SMILES string of the molecule is COC(=O)c1ccc(CC[C@@H](NS(C)(=O)=O)C(=O)N2C[C@@H](C(=N)N)C[C@@H]2C(=O)c2ccc(CN)cc2)cc1. The molecule has 0 aliphatic carbocycles. The van der Waals surface area contributed by atoms with Crippen molar-refractivity contribution < 1.29 is 27.5 Å². The highest BCUT2D eigenvalue weighted by molar-refractivity contribution is 7.88. The number of nitrogens with zero attached hydrogens (tertiary/aromatic N) is 1. The minimum absolute atomic E-state index is 0.0290. The van der Waals surface area contributed by atoms with Gasteiger partial charge in [-0.2, -0.15) is 0 Å². The van der Waals surface area contributed by atoms with Crippen LogP contribution in [0.25, 0.3) is 0 Å². The van der Waals surface area contributed by atoms with E-state index in [1.807, 2.05) is 0 Å². The third kappa shape index (κ3) is 7.24. The number of amidine groups is 1. The monoisotopic (exact) mass is 543 g/mol. The van der Waals surface area contributed by atoms with Gasteiger partial charge in [0.25, 0.3) is 0 Å². The Kier molecular flexibility index (Phi) is 9.36. The molecule has 0 aromatic heterocycles. The number of nitrogens with two attached hydrogens (primary N) is 2. The predicted molar refractivity (Wildman–Crippen MR) is 142 cm³/mol. The van der Waals surface area contributed by atoms with Crippen molar-refractivity contribution in [2.75, 3.05) is 19.9 Å². The number of methoxy groups -OCH3 is 1. The summed E-state index contributed by atoms with van der Waals surface area (Å²) >= 11 is 0. The van der Waals surface area contributed by atoms with Crippen molar-refractivity contribution in [2.24, 2.45) is 17.4 Å². The van der Waals surface area contributed by atoms with Gasteiger partial charge >= 0.3 is 5.97 Å². The number of benzene rings is 2. The van der Waals surface area contributed by atoms with Gasteiger partial charge in [0.1, 0.15) is 6.04 Å². The number of aryl methyl sites for hydroxylation is 1. The number of likely N-dealkylation sites (tertiary alicyclic amines) is 1. The molecule has 0 spiro atoms. The van der Waals surface area contributed by atoms with Gasteiger partial charge in [0, 0.05) is 24.6 Å². The number of amides is 1. The molecule has 0 bridgehead atoms. The zero-order valence-corrected chi connectivity index (χ0v) is 22.2. The van der Waals surface area contributed by atoms with E-state index in [1.54, 1.807) is 48.5 Å². The van der Waals surface area contributed by atoms with Crippen LogP contribution < -0.4 is 16.2 Å². The molecule has 1 aliphatic rings. The van der Waals surface area contributed by atoms with Gasteiger partial charge in [-0.25, -0.2) is 17.9 Å². The summed E-state index contributed by atoms with van der Waals surface area (Å²) in [5, 5.41) is 7.89. The number of Topliss-reactive ketones (excluding diaryl/α,β-unsaturated/α-hetero) is 1. The number of esters is 1. The maximum Gasteiger partial charge on any atom is 0.337 e. The van der Waals surface area contributed by atoms with E-state index in [-0.39, 0.29) is 31.0 Å². The van der Waals surface area contributed by atoms with Crippen molar-refractivity contribution in [3.63, 3.8) is 0 Å². The average Bonchev–Trinajstić information content (AvgIpc) is 3.35. The van der Waals surface area contributed by atoms with Crippen LogP contribution in [0, 0.1) is 11.3 Å². The van der Waals surface area contributed by atoms with Crippen LogP contribution in [-0.2, 0) is 32.5 Å².